The summed E-state index contributed by atoms with van der Waals surface area (Å²) in [5.41, 5.74) is 2.41. The molecule has 1 unspecified atom stereocenters. The van der Waals surface area contributed by atoms with Gasteiger partial charge in [0, 0.05) is 25.1 Å². The summed E-state index contributed by atoms with van der Waals surface area (Å²) >= 11 is 0. The molecule has 4 rings (SSSR count). The highest BCUT2D eigenvalue weighted by Crippen LogP contribution is 2.24. The van der Waals surface area contributed by atoms with Gasteiger partial charge in [0.25, 0.3) is 0 Å². The molecule has 1 aliphatic heterocycles. The second-order valence-electron chi connectivity index (χ2n) is 7.24. The first-order chi connectivity index (χ1) is 13.6. The van der Waals surface area contributed by atoms with Crippen LogP contribution in [0.3, 0.4) is 0 Å². The predicted molar refractivity (Wildman–Crippen MR) is 102 cm³/mol. The van der Waals surface area contributed by atoms with Gasteiger partial charge in [0.1, 0.15) is 12.0 Å². The average molecular weight is 382 g/mol. The molecule has 146 valence electrons. The van der Waals surface area contributed by atoms with Gasteiger partial charge in [-0.3, -0.25) is 9.69 Å². The first kappa shape index (κ1) is 18.3. The van der Waals surface area contributed by atoms with Crippen molar-refractivity contribution in [2.75, 3.05) is 6.61 Å². The third-order valence-corrected chi connectivity index (χ3v) is 5.07. The van der Waals surface area contributed by atoms with Crippen LogP contribution in [0.15, 0.2) is 58.0 Å². The Morgan fingerprint density at radius 3 is 2.68 bits per heavy atom. The van der Waals surface area contributed by atoms with E-state index >= 15 is 0 Å². The van der Waals surface area contributed by atoms with Crippen molar-refractivity contribution < 1.29 is 19.1 Å². The lowest BCUT2D eigenvalue weighted by atomic mass is 10.1. The molecule has 2 aromatic rings. The minimum Gasteiger partial charge on any atom is -0.486 e. The Morgan fingerprint density at radius 1 is 1.25 bits per heavy atom. The molecule has 0 bridgehead atoms. The highest BCUT2D eigenvalue weighted by atomic mass is 16.5. The van der Waals surface area contributed by atoms with Crippen molar-refractivity contribution in [1.82, 2.24) is 10.2 Å². The van der Waals surface area contributed by atoms with E-state index < -0.39 is 6.09 Å². The minimum atomic E-state index is -1.05. The maximum absolute atomic E-state index is 12.3. The number of rotatable bonds is 6. The summed E-state index contributed by atoms with van der Waals surface area (Å²) in [4.78, 5) is 25.2. The van der Waals surface area contributed by atoms with Crippen molar-refractivity contribution >= 4 is 6.09 Å². The van der Waals surface area contributed by atoms with Gasteiger partial charge < -0.3 is 19.6 Å². The normalized spacial score (nSPS) is 20.9. The lowest BCUT2D eigenvalue weighted by molar-refractivity contribution is 0.190. The SMILES string of the molecule is O=C(O)NC1C=C[C@@H](COc2coc(CN3Cc4ccccc4C3)cc2=O)C1. The van der Waals surface area contributed by atoms with Crippen molar-refractivity contribution in [3.63, 3.8) is 0 Å². The van der Waals surface area contributed by atoms with Gasteiger partial charge in [0.15, 0.2) is 0 Å². The zero-order valence-electron chi connectivity index (χ0n) is 15.3. The third-order valence-electron chi connectivity index (χ3n) is 5.07. The van der Waals surface area contributed by atoms with Gasteiger partial charge >= 0.3 is 6.09 Å². The molecule has 1 aliphatic carbocycles. The maximum atomic E-state index is 12.3. The number of nitrogens with zero attached hydrogens (tertiary/aromatic N) is 1. The Bertz CT molecular complexity index is 927. The summed E-state index contributed by atoms with van der Waals surface area (Å²) in [6.45, 7) is 2.56. The topological polar surface area (TPSA) is 92.0 Å². The zero-order chi connectivity index (χ0) is 19.5. The van der Waals surface area contributed by atoms with E-state index in [4.69, 9.17) is 14.3 Å². The van der Waals surface area contributed by atoms with Gasteiger partial charge in [-0.2, -0.15) is 0 Å². The van der Waals surface area contributed by atoms with E-state index in [1.54, 1.807) is 0 Å². The van der Waals surface area contributed by atoms with Crippen LogP contribution < -0.4 is 15.5 Å². The smallest absolute Gasteiger partial charge is 0.405 e. The highest BCUT2D eigenvalue weighted by molar-refractivity contribution is 5.65. The Labute approximate surface area is 162 Å². The largest absolute Gasteiger partial charge is 0.486 e. The van der Waals surface area contributed by atoms with Crippen LogP contribution in [0, 0.1) is 5.92 Å². The summed E-state index contributed by atoms with van der Waals surface area (Å²) < 4.78 is 11.2. The Morgan fingerprint density at radius 2 is 2.00 bits per heavy atom. The van der Waals surface area contributed by atoms with Gasteiger partial charge in [-0.05, 0) is 17.5 Å². The van der Waals surface area contributed by atoms with Crippen LogP contribution in [-0.4, -0.2) is 28.7 Å². The molecule has 2 aliphatic rings. The van der Waals surface area contributed by atoms with Crippen LogP contribution in [0.25, 0.3) is 0 Å². The summed E-state index contributed by atoms with van der Waals surface area (Å²) in [7, 11) is 0. The van der Waals surface area contributed by atoms with Crippen molar-refractivity contribution in [3.05, 3.63) is 75.9 Å². The molecular formula is C21H22N2O5. The second-order valence-corrected chi connectivity index (χ2v) is 7.24. The number of hydrogen-bond donors (Lipinski definition) is 2. The molecule has 0 fully saturated rings. The molecule has 0 radical (unpaired) electrons. The fourth-order valence-electron chi connectivity index (χ4n) is 3.72. The van der Waals surface area contributed by atoms with Crippen LogP contribution in [0.4, 0.5) is 4.79 Å². The van der Waals surface area contributed by atoms with Crippen LogP contribution >= 0.6 is 0 Å². The number of benzene rings is 1. The molecule has 1 amide bonds. The number of nitrogens with one attached hydrogen (secondary N) is 1. The summed E-state index contributed by atoms with van der Waals surface area (Å²) in [6.07, 6.45) is 4.65. The van der Waals surface area contributed by atoms with E-state index in [1.165, 1.54) is 23.5 Å². The number of ether oxygens (including phenoxy) is 1. The molecule has 0 saturated heterocycles. The molecule has 1 aromatic heterocycles. The third kappa shape index (κ3) is 4.26. The van der Waals surface area contributed by atoms with Gasteiger partial charge in [-0.25, -0.2) is 4.79 Å². The van der Waals surface area contributed by atoms with Gasteiger partial charge in [-0.15, -0.1) is 0 Å². The molecule has 28 heavy (non-hydrogen) atoms. The quantitative estimate of drug-likeness (QED) is 0.747. The molecule has 2 atom stereocenters. The molecule has 0 saturated carbocycles. The first-order valence-corrected chi connectivity index (χ1v) is 9.28. The number of carboxylic acid groups (broad SMARTS) is 1. The standard InChI is InChI=1S/C21H22N2O5/c24-19-8-18(11-23-9-15-3-1-2-4-16(15)10-23)27-13-20(19)28-12-14-5-6-17(7-14)22-21(25)26/h1-6,8,13-14,17,22H,7,9-12H2,(H,25,26)/t14-,17?/m1/s1. The van der Waals surface area contributed by atoms with Crippen LogP contribution in [0.2, 0.25) is 0 Å². The van der Waals surface area contributed by atoms with E-state index in [0.29, 0.717) is 25.3 Å². The van der Waals surface area contributed by atoms with Crippen molar-refractivity contribution in [2.24, 2.45) is 5.92 Å². The molecule has 7 heteroatoms. The van der Waals surface area contributed by atoms with E-state index in [2.05, 4.69) is 22.3 Å². The number of hydrogen-bond acceptors (Lipinski definition) is 5. The van der Waals surface area contributed by atoms with Gasteiger partial charge in [-0.1, -0.05) is 36.4 Å². The Hall–Kier alpha value is -3.06. The lowest BCUT2D eigenvalue weighted by Gasteiger charge is -2.15. The first-order valence-electron chi connectivity index (χ1n) is 9.28. The predicted octanol–water partition coefficient (Wildman–Crippen LogP) is 2.75. The summed E-state index contributed by atoms with van der Waals surface area (Å²) in [5.74, 6) is 0.840. The monoisotopic (exact) mass is 382 g/mol. The number of amides is 1. The number of carbonyl (C=O) groups is 1. The summed E-state index contributed by atoms with van der Waals surface area (Å²) in [5, 5.41) is 11.2. The van der Waals surface area contributed by atoms with Crippen LogP contribution in [0.1, 0.15) is 23.3 Å². The highest BCUT2D eigenvalue weighted by Gasteiger charge is 2.22. The second kappa shape index (κ2) is 7.90. The van der Waals surface area contributed by atoms with Crippen molar-refractivity contribution in [2.45, 2.75) is 32.1 Å². The van der Waals surface area contributed by atoms with E-state index in [-0.39, 0.29) is 23.1 Å². The molecule has 2 heterocycles. The molecular weight excluding hydrogens is 360 g/mol. The Kier molecular flexibility index (Phi) is 5.16. The fourth-order valence-corrected chi connectivity index (χ4v) is 3.72. The van der Waals surface area contributed by atoms with Crippen LogP contribution in [0.5, 0.6) is 5.75 Å². The fraction of sp³-hybridized carbons (Fsp3) is 0.333. The van der Waals surface area contributed by atoms with E-state index in [0.717, 1.165) is 13.1 Å². The molecule has 2 N–H and O–H groups in total. The van der Waals surface area contributed by atoms with Crippen LogP contribution in [-0.2, 0) is 19.6 Å². The summed E-state index contributed by atoms with van der Waals surface area (Å²) in [6, 6.07) is 9.58. The molecule has 1 aromatic carbocycles. The average Bonchev–Trinajstić information content (AvgIpc) is 3.26. The van der Waals surface area contributed by atoms with Gasteiger partial charge in [0.05, 0.1) is 19.2 Å². The van der Waals surface area contributed by atoms with Crippen molar-refractivity contribution in [1.29, 1.82) is 0 Å². The lowest BCUT2D eigenvalue weighted by Crippen LogP contribution is -2.31. The zero-order valence-corrected chi connectivity index (χ0v) is 15.3. The number of fused-ring (bicyclic) bond motifs is 1. The van der Waals surface area contributed by atoms with Gasteiger partial charge in [0.2, 0.25) is 11.2 Å². The van der Waals surface area contributed by atoms with E-state index in [1.807, 2.05) is 24.3 Å². The molecule has 0 spiro atoms. The van der Waals surface area contributed by atoms with Crippen molar-refractivity contribution in [3.8, 4) is 5.75 Å². The maximum Gasteiger partial charge on any atom is 0.405 e. The van der Waals surface area contributed by atoms with E-state index in [9.17, 15) is 9.59 Å². The molecule has 7 nitrogen and oxygen atoms in total. The Balaban J connectivity index is 1.30. The minimum absolute atomic E-state index is 0.0547.